The van der Waals surface area contributed by atoms with Crippen LogP contribution in [-0.2, 0) is 9.59 Å². The Morgan fingerprint density at radius 3 is 2.42 bits per heavy atom. The number of aliphatic hydroxyl groups excluding tert-OH is 1. The second-order valence-electron chi connectivity index (χ2n) is 7.03. The standard InChI is InChI=1S/C21H23NO4/c1-11(2)19(23)17-18(16-10-9-13(4)26-16)22(21(25)20(17)24)15-8-6-7-12(3)14(15)5/h6-11,18,24H,1-5H3. The molecule has 1 N–H and O–H groups in total. The molecule has 0 saturated carbocycles. The minimum atomic E-state index is -0.772. The van der Waals surface area contributed by atoms with E-state index in [1.54, 1.807) is 32.9 Å². The van der Waals surface area contributed by atoms with Gasteiger partial charge in [-0.1, -0.05) is 26.0 Å². The summed E-state index contributed by atoms with van der Waals surface area (Å²) in [6, 6.07) is 8.39. The van der Waals surface area contributed by atoms with Gasteiger partial charge >= 0.3 is 0 Å². The average Bonchev–Trinajstić information content (AvgIpc) is 3.12. The Morgan fingerprint density at radius 2 is 1.85 bits per heavy atom. The Hall–Kier alpha value is -2.82. The van der Waals surface area contributed by atoms with E-state index in [0.29, 0.717) is 17.2 Å². The molecule has 136 valence electrons. The van der Waals surface area contributed by atoms with Gasteiger partial charge in [0.1, 0.15) is 17.6 Å². The molecule has 0 aliphatic carbocycles. The number of anilines is 1. The van der Waals surface area contributed by atoms with Crippen molar-refractivity contribution < 1.29 is 19.1 Å². The van der Waals surface area contributed by atoms with E-state index in [9.17, 15) is 14.7 Å². The highest BCUT2D eigenvalue weighted by Crippen LogP contribution is 2.43. The molecule has 0 radical (unpaired) electrons. The Kier molecular flexibility index (Phi) is 4.48. The van der Waals surface area contributed by atoms with E-state index < -0.39 is 17.7 Å². The molecule has 0 spiro atoms. The lowest BCUT2D eigenvalue weighted by Gasteiger charge is -2.27. The van der Waals surface area contributed by atoms with Crippen molar-refractivity contribution in [2.24, 2.45) is 5.92 Å². The summed E-state index contributed by atoms with van der Waals surface area (Å²) >= 11 is 0. The van der Waals surface area contributed by atoms with Crippen LogP contribution in [0.15, 0.2) is 46.1 Å². The van der Waals surface area contributed by atoms with Gasteiger partial charge in [0.25, 0.3) is 5.91 Å². The molecule has 2 aromatic rings. The number of amides is 1. The Balaban J connectivity index is 2.23. The molecule has 1 aliphatic heterocycles. The van der Waals surface area contributed by atoms with Gasteiger partial charge in [0, 0.05) is 11.6 Å². The van der Waals surface area contributed by atoms with E-state index >= 15 is 0 Å². The Morgan fingerprint density at radius 1 is 1.15 bits per heavy atom. The van der Waals surface area contributed by atoms with Crippen LogP contribution < -0.4 is 4.90 Å². The first-order valence-electron chi connectivity index (χ1n) is 8.67. The number of Topliss-reactive ketones (excluding diaryl/α,β-unsaturated/α-hetero) is 1. The first kappa shape index (κ1) is 18.0. The number of nitrogens with zero attached hydrogens (tertiary/aromatic N) is 1. The fourth-order valence-corrected chi connectivity index (χ4v) is 3.28. The lowest BCUT2D eigenvalue weighted by atomic mass is 9.94. The van der Waals surface area contributed by atoms with Crippen molar-refractivity contribution in [1.29, 1.82) is 0 Å². The fourth-order valence-electron chi connectivity index (χ4n) is 3.28. The number of hydrogen-bond donors (Lipinski definition) is 1. The molecule has 26 heavy (non-hydrogen) atoms. The molecule has 5 nitrogen and oxygen atoms in total. The first-order valence-corrected chi connectivity index (χ1v) is 8.67. The van der Waals surface area contributed by atoms with Gasteiger partial charge in [-0.05, 0) is 50.1 Å². The molecule has 2 heterocycles. The molecule has 1 aromatic carbocycles. The second-order valence-corrected chi connectivity index (χ2v) is 7.03. The van der Waals surface area contributed by atoms with E-state index in [1.165, 1.54) is 4.90 Å². The zero-order valence-corrected chi connectivity index (χ0v) is 15.7. The second kappa shape index (κ2) is 6.48. The molecule has 0 bridgehead atoms. The molecule has 1 amide bonds. The Bertz CT molecular complexity index is 920. The predicted molar refractivity (Wildman–Crippen MR) is 99.1 cm³/mol. The molecule has 5 heteroatoms. The van der Waals surface area contributed by atoms with E-state index in [2.05, 4.69) is 0 Å². The van der Waals surface area contributed by atoms with Gasteiger partial charge in [-0.2, -0.15) is 0 Å². The molecule has 3 rings (SSSR count). The van der Waals surface area contributed by atoms with Gasteiger partial charge < -0.3 is 9.52 Å². The van der Waals surface area contributed by atoms with Gasteiger partial charge in [-0.15, -0.1) is 0 Å². The normalized spacial score (nSPS) is 17.5. The largest absolute Gasteiger partial charge is 0.503 e. The van der Waals surface area contributed by atoms with E-state index in [0.717, 1.165) is 11.1 Å². The Labute approximate surface area is 152 Å². The maximum absolute atomic E-state index is 12.9. The molecule has 0 saturated heterocycles. The van der Waals surface area contributed by atoms with Crippen molar-refractivity contribution >= 4 is 17.4 Å². The molecule has 1 atom stereocenters. The number of carbonyl (C=O) groups excluding carboxylic acids is 2. The highest BCUT2D eigenvalue weighted by atomic mass is 16.3. The minimum absolute atomic E-state index is 0.0975. The molecule has 1 aromatic heterocycles. The van der Waals surface area contributed by atoms with Crippen LogP contribution in [0.3, 0.4) is 0 Å². The van der Waals surface area contributed by atoms with Crippen LogP contribution >= 0.6 is 0 Å². The van der Waals surface area contributed by atoms with E-state index in [4.69, 9.17) is 4.42 Å². The summed E-state index contributed by atoms with van der Waals surface area (Å²) in [5, 5.41) is 10.5. The molecule has 0 fully saturated rings. The number of carbonyl (C=O) groups is 2. The zero-order chi connectivity index (χ0) is 19.2. The third kappa shape index (κ3) is 2.73. The summed E-state index contributed by atoms with van der Waals surface area (Å²) < 4.78 is 5.75. The number of benzene rings is 1. The molecule has 1 aliphatic rings. The number of furan rings is 1. The SMILES string of the molecule is Cc1ccc(C2C(C(=O)C(C)C)=C(O)C(=O)N2c2cccc(C)c2C)o1. The van der Waals surface area contributed by atoms with Gasteiger partial charge in [0.2, 0.25) is 0 Å². The summed E-state index contributed by atoms with van der Waals surface area (Å²) in [7, 11) is 0. The lowest BCUT2D eigenvalue weighted by Crippen LogP contribution is -2.32. The van der Waals surface area contributed by atoms with Crippen molar-refractivity contribution in [2.45, 2.75) is 40.7 Å². The summed E-state index contributed by atoms with van der Waals surface area (Å²) in [5.74, 6) is -0.550. The molecular weight excluding hydrogens is 330 g/mol. The summed E-state index contributed by atoms with van der Waals surface area (Å²) in [6.07, 6.45) is 0. The summed E-state index contributed by atoms with van der Waals surface area (Å²) in [6.45, 7) is 9.17. The monoisotopic (exact) mass is 353 g/mol. The highest BCUT2D eigenvalue weighted by Gasteiger charge is 2.46. The summed E-state index contributed by atoms with van der Waals surface area (Å²) in [5.41, 5.74) is 2.69. The molecule has 1 unspecified atom stereocenters. The smallest absolute Gasteiger partial charge is 0.294 e. The fraction of sp³-hybridized carbons (Fsp3) is 0.333. The van der Waals surface area contributed by atoms with Gasteiger partial charge in [0.05, 0.1) is 5.57 Å². The van der Waals surface area contributed by atoms with E-state index in [1.807, 2.05) is 32.0 Å². The first-order chi connectivity index (χ1) is 12.2. The number of ketones is 1. The van der Waals surface area contributed by atoms with Crippen LogP contribution in [-0.4, -0.2) is 16.8 Å². The third-order valence-corrected chi connectivity index (χ3v) is 4.86. The number of rotatable bonds is 4. The molecular formula is C21H23NO4. The van der Waals surface area contributed by atoms with Crippen molar-refractivity contribution in [1.82, 2.24) is 0 Å². The van der Waals surface area contributed by atoms with Crippen molar-refractivity contribution in [3.63, 3.8) is 0 Å². The predicted octanol–water partition coefficient (Wildman–Crippen LogP) is 4.33. The third-order valence-electron chi connectivity index (χ3n) is 4.86. The maximum Gasteiger partial charge on any atom is 0.294 e. The average molecular weight is 353 g/mol. The number of aryl methyl sites for hydroxylation is 2. The quantitative estimate of drug-likeness (QED) is 0.888. The van der Waals surface area contributed by atoms with Gasteiger partial charge in [0.15, 0.2) is 11.5 Å². The van der Waals surface area contributed by atoms with E-state index in [-0.39, 0.29) is 17.3 Å². The minimum Gasteiger partial charge on any atom is -0.503 e. The topological polar surface area (TPSA) is 70.8 Å². The summed E-state index contributed by atoms with van der Waals surface area (Å²) in [4.78, 5) is 27.2. The lowest BCUT2D eigenvalue weighted by molar-refractivity contribution is -0.119. The number of aliphatic hydroxyl groups is 1. The van der Waals surface area contributed by atoms with Crippen molar-refractivity contribution in [2.75, 3.05) is 4.90 Å². The van der Waals surface area contributed by atoms with Crippen LogP contribution in [0.25, 0.3) is 0 Å². The van der Waals surface area contributed by atoms with Crippen LogP contribution in [0.1, 0.15) is 42.5 Å². The van der Waals surface area contributed by atoms with Crippen LogP contribution in [0.2, 0.25) is 0 Å². The van der Waals surface area contributed by atoms with Crippen LogP contribution in [0.5, 0.6) is 0 Å². The number of hydrogen-bond acceptors (Lipinski definition) is 4. The van der Waals surface area contributed by atoms with Crippen LogP contribution in [0.4, 0.5) is 5.69 Å². The van der Waals surface area contributed by atoms with Crippen molar-refractivity contribution in [3.05, 3.63) is 64.3 Å². The highest BCUT2D eigenvalue weighted by molar-refractivity contribution is 6.17. The van der Waals surface area contributed by atoms with Crippen molar-refractivity contribution in [3.8, 4) is 0 Å². The zero-order valence-electron chi connectivity index (χ0n) is 15.7. The van der Waals surface area contributed by atoms with Gasteiger partial charge in [-0.25, -0.2) is 0 Å². The van der Waals surface area contributed by atoms with Gasteiger partial charge in [-0.3, -0.25) is 14.5 Å². The maximum atomic E-state index is 12.9. The van der Waals surface area contributed by atoms with Crippen LogP contribution in [0, 0.1) is 26.7 Å².